The molecule has 1 heterocycles. The molecule has 20 heavy (non-hydrogen) atoms. The van der Waals surface area contributed by atoms with Crippen molar-refractivity contribution in [2.24, 2.45) is 11.8 Å². The van der Waals surface area contributed by atoms with Crippen LogP contribution in [0, 0.1) is 11.8 Å². The summed E-state index contributed by atoms with van der Waals surface area (Å²) in [5, 5.41) is 10.8. The summed E-state index contributed by atoms with van der Waals surface area (Å²) in [6, 6.07) is 6.24. The first-order valence-electron chi connectivity index (χ1n) is 7.95. The summed E-state index contributed by atoms with van der Waals surface area (Å²) in [7, 11) is 0. The van der Waals surface area contributed by atoms with Crippen LogP contribution in [-0.2, 0) is 6.42 Å². The Kier molecular flexibility index (Phi) is 3.53. The Morgan fingerprint density at radius 2 is 1.90 bits per heavy atom. The molecule has 2 heteroatoms. The van der Waals surface area contributed by atoms with Crippen molar-refractivity contribution >= 4 is 0 Å². The van der Waals surface area contributed by atoms with Gasteiger partial charge in [-0.05, 0) is 44.1 Å². The molecular weight excluding hydrogens is 248 g/mol. The number of benzene rings is 1. The van der Waals surface area contributed by atoms with Crippen molar-refractivity contribution in [2.45, 2.75) is 64.6 Å². The van der Waals surface area contributed by atoms with E-state index in [1.807, 2.05) is 6.07 Å². The van der Waals surface area contributed by atoms with Crippen LogP contribution in [0.2, 0.25) is 0 Å². The molecule has 1 N–H and O–H groups in total. The Morgan fingerprint density at radius 1 is 1.20 bits per heavy atom. The molecule has 1 unspecified atom stereocenters. The van der Waals surface area contributed by atoms with Crippen LogP contribution < -0.4 is 4.74 Å². The van der Waals surface area contributed by atoms with E-state index in [0.29, 0.717) is 5.92 Å². The Bertz CT molecular complexity index is 484. The van der Waals surface area contributed by atoms with E-state index >= 15 is 0 Å². The highest BCUT2D eigenvalue weighted by Gasteiger charge is 2.35. The average Bonchev–Trinajstić information content (AvgIpc) is 2.72. The van der Waals surface area contributed by atoms with Gasteiger partial charge in [0.05, 0.1) is 6.10 Å². The zero-order valence-electron chi connectivity index (χ0n) is 12.9. The van der Waals surface area contributed by atoms with Crippen LogP contribution in [0.4, 0.5) is 0 Å². The van der Waals surface area contributed by atoms with Crippen LogP contribution in [0.25, 0.3) is 0 Å². The number of hydrogen-bond acceptors (Lipinski definition) is 2. The molecule has 1 aromatic rings. The van der Waals surface area contributed by atoms with Gasteiger partial charge in [0.25, 0.3) is 0 Å². The molecule has 2 aliphatic rings. The number of rotatable bonds is 2. The minimum atomic E-state index is -0.369. The second-order valence-electron chi connectivity index (χ2n) is 7.34. The van der Waals surface area contributed by atoms with Crippen LogP contribution in [0.1, 0.15) is 63.7 Å². The standard InChI is InChI=1S/C18H26O2/c1-12-7-9-13(10-8-12)16(19)15-6-4-5-14-11-18(2,3)20-17(14)15/h4-6,12-13,16,19H,7-11H2,1-3H3. The lowest BCUT2D eigenvalue weighted by atomic mass is 9.78. The monoisotopic (exact) mass is 274 g/mol. The lowest BCUT2D eigenvalue weighted by Crippen LogP contribution is -2.25. The SMILES string of the molecule is CC1CCC(C(O)c2cccc3c2OC(C)(C)C3)CC1. The Balaban J connectivity index is 1.83. The lowest BCUT2D eigenvalue weighted by molar-refractivity contribution is 0.0684. The Morgan fingerprint density at radius 3 is 2.60 bits per heavy atom. The minimum Gasteiger partial charge on any atom is -0.487 e. The minimum absolute atomic E-state index is 0.140. The third-order valence-electron chi connectivity index (χ3n) is 4.95. The van der Waals surface area contributed by atoms with Crippen molar-refractivity contribution in [2.75, 3.05) is 0 Å². The Labute approximate surface area is 122 Å². The highest BCUT2D eigenvalue weighted by molar-refractivity contribution is 5.47. The number of fused-ring (bicyclic) bond motifs is 1. The molecule has 0 spiro atoms. The Hall–Kier alpha value is -1.02. The predicted octanol–water partition coefficient (Wildman–Crippen LogP) is 4.26. The van der Waals surface area contributed by atoms with E-state index in [0.717, 1.165) is 36.5 Å². The summed E-state index contributed by atoms with van der Waals surface area (Å²) in [5.74, 6) is 2.16. The zero-order chi connectivity index (χ0) is 14.3. The molecule has 0 bridgehead atoms. The van der Waals surface area contributed by atoms with Gasteiger partial charge in [-0.25, -0.2) is 0 Å². The molecule has 0 aromatic heterocycles. The third-order valence-corrected chi connectivity index (χ3v) is 4.95. The fourth-order valence-corrected chi connectivity index (χ4v) is 3.73. The van der Waals surface area contributed by atoms with Crippen molar-refractivity contribution in [3.63, 3.8) is 0 Å². The molecule has 2 nitrogen and oxygen atoms in total. The van der Waals surface area contributed by atoms with Crippen molar-refractivity contribution in [1.82, 2.24) is 0 Å². The highest BCUT2D eigenvalue weighted by Crippen LogP contribution is 2.44. The summed E-state index contributed by atoms with van der Waals surface area (Å²) >= 11 is 0. The second-order valence-corrected chi connectivity index (χ2v) is 7.34. The van der Waals surface area contributed by atoms with E-state index in [-0.39, 0.29) is 11.7 Å². The van der Waals surface area contributed by atoms with E-state index in [9.17, 15) is 5.11 Å². The van der Waals surface area contributed by atoms with Crippen molar-refractivity contribution in [1.29, 1.82) is 0 Å². The molecule has 110 valence electrons. The van der Waals surface area contributed by atoms with Gasteiger partial charge in [-0.15, -0.1) is 0 Å². The molecular formula is C18H26O2. The van der Waals surface area contributed by atoms with Gasteiger partial charge in [-0.1, -0.05) is 38.0 Å². The molecule has 1 aliphatic heterocycles. The van der Waals surface area contributed by atoms with Gasteiger partial charge in [0, 0.05) is 12.0 Å². The van der Waals surface area contributed by atoms with Gasteiger partial charge in [0.2, 0.25) is 0 Å². The van der Waals surface area contributed by atoms with Gasteiger partial charge >= 0.3 is 0 Å². The molecule has 0 amide bonds. The quantitative estimate of drug-likeness (QED) is 0.873. The van der Waals surface area contributed by atoms with E-state index in [4.69, 9.17) is 4.74 Å². The van der Waals surface area contributed by atoms with Gasteiger partial charge < -0.3 is 9.84 Å². The fraction of sp³-hybridized carbons (Fsp3) is 0.667. The van der Waals surface area contributed by atoms with E-state index in [1.165, 1.54) is 18.4 Å². The number of ether oxygens (including phenoxy) is 1. The summed E-state index contributed by atoms with van der Waals surface area (Å²) in [5.41, 5.74) is 2.11. The summed E-state index contributed by atoms with van der Waals surface area (Å²) in [6.45, 7) is 6.55. The smallest absolute Gasteiger partial charge is 0.129 e. The largest absolute Gasteiger partial charge is 0.487 e. The van der Waals surface area contributed by atoms with Crippen molar-refractivity contribution in [3.8, 4) is 5.75 Å². The zero-order valence-corrected chi connectivity index (χ0v) is 12.9. The van der Waals surface area contributed by atoms with Gasteiger partial charge in [-0.3, -0.25) is 0 Å². The van der Waals surface area contributed by atoms with Gasteiger partial charge in [0.15, 0.2) is 0 Å². The maximum atomic E-state index is 10.8. The lowest BCUT2D eigenvalue weighted by Gasteiger charge is -2.31. The molecule has 0 radical (unpaired) electrons. The number of aliphatic hydroxyl groups excluding tert-OH is 1. The molecule has 0 saturated heterocycles. The van der Waals surface area contributed by atoms with Crippen LogP contribution in [-0.4, -0.2) is 10.7 Å². The first-order valence-corrected chi connectivity index (χ1v) is 7.95. The van der Waals surface area contributed by atoms with E-state index in [1.54, 1.807) is 0 Å². The molecule has 1 atom stereocenters. The number of aliphatic hydroxyl groups is 1. The van der Waals surface area contributed by atoms with Crippen LogP contribution in [0.5, 0.6) is 5.75 Å². The molecule has 1 fully saturated rings. The maximum Gasteiger partial charge on any atom is 0.129 e. The molecule has 1 aromatic carbocycles. The predicted molar refractivity (Wildman–Crippen MR) is 80.9 cm³/mol. The topological polar surface area (TPSA) is 29.5 Å². The summed E-state index contributed by atoms with van der Waals surface area (Å²) < 4.78 is 6.10. The van der Waals surface area contributed by atoms with E-state index in [2.05, 4.69) is 32.9 Å². The van der Waals surface area contributed by atoms with Crippen LogP contribution in [0.3, 0.4) is 0 Å². The van der Waals surface area contributed by atoms with Crippen LogP contribution >= 0.6 is 0 Å². The molecule has 1 saturated carbocycles. The third kappa shape index (κ3) is 2.58. The van der Waals surface area contributed by atoms with Gasteiger partial charge in [0.1, 0.15) is 11.4 Å². The number of para-hydroxylation sites is 1. The number of hydrogen-bond donors (Lipinski definition) is 1. The van der Waals surface area contributed by atoms with E-state index < -0.39 is 0 Å². The van der Waals surface area contributed by atoms with Crippen molar-refractivity contribution in [3.05, 3.63) is 29.3 Å². The first kappa shape index (κ1) is 13.9. The second kappa shape index (κ2) is 5.07. The normalized spacial score (nSPS) is 29.6. The highest BCUT2D eigenvalue weighted by atomic mass is 16.5. The maximum absolute atomic E-state index is 10.8. The van der Waals surface area contributed by atoms with Gasteiger partial charge in [-0.2, -0.15) is 0 Å². The van der Waals surface area contributed by atoms with Crippen LogP contribution in [0.15, 0.2) is 18.2 Å². The van der Waals surface area contributed by atoms with Crippen molar-refractivity contribution < 1.29 is 9.84 Å². The molecule has 3 rings (SSSR count). The fourth-order valence-electron chi connectivity index (χ4n) is 3.73. The summed E-state index contributed by atoms with van der Waals surface area (Å²) in [6.07, 6.45) is 5.31. The average molecular weight is 274 g/mol. The summed E-state index contributed by atoms with van der Waals surface area (Å²) in [4.78, 5) is 0. The first-order chi connectivity index (χ1) is 9.46. The molecule has 1 aliphatic carbocycles.